The minimum Gasteiger partial charge on any atom is -0.345 e. The molecule has 2 N–H and O–H groups in total. The highest BCUT2D eigenvalue weighted by Crippen LogP contribution is 2.25. The molecule has 4 aromatic rings. The molecule has 33 heavy (non-hydrogen) atoms. The summed E-state index contributed by atoms with van der Waals surface area (Å²) in [5.41, 5.74) is 2.86. The zero-order chi connectivity index (χ0) is 23.2. The van der Waals surface area contributed by atoms with Gasteiger partial charge in [0.15, 0.2) is 0 Å². The summed E-state index contributed by atoms with van der Waals surface area (Å²) in [5.74, 6) is -0.181. The van der Waals surface area contributed by atoms with Gasteiger partial charge in [-0.05, 0) is 36.7 Å². The molecule has 0 spiro atoms. The molecule has 0 aliphatic rings. The Kier molecular flexibility index (Phi) is 7.01. The number of carbonyl (C=O) groups excluding carboxylic acids is 1. The molecule has 0 unspecified atom stereocenters. The lowest BCUT2D eigenvalue weighted by Gasteiger charge is -2.22. The molecule has 1 atom stereocenters. The summed E-state index contributed by atoms with van der Waals surface area (Å²) in [7, 11) is 0. The Balaban J connectivity index is 1.93. The van der Waals surface area contributed by atoms with Crippen molar-refractivity contribution in [2.75, 3.05) is 6.54 Å². The minimum absolute atomic E-state index is 0.124. The molecular formula is C28H29N3O2. The van der Waals surface area contributed by atoms with Gasteiger partial charge in [0.2, 0.25) is 0 Å². The fourth-order valence-electron chi connectivity index (χ4n) is 4.25. The Morgan fingerprint density at radius 2 is 1.45 bits per heavy atom. The Morgan fingerprint density at radius 3 is 2.09 bits per heavy atom. The van der Waals surface area contributed by atoms with Crippen molar-refractivity contribution in [1.29, 1.82) is 0 Å². The molecule has 5 heteroatoms. The van der Waals surface area contributed by atoms with E-state index in [1.165, 1.54) is 0 Å². The Hall–Kier alpha value is -3.70. The molecule has 1 heterocycles. The third kappa shape index (κ3) is 4.59. The van der Waals surface area contributed by atoms with Crippen LogP contribution < -0.4 is 16.2 Å². The number of nitrogens with zero attached hydrogens (tertiary/aromatic N) is 1. The van der Waals surface area contributed by atoms with Crippen molar-refractivity contribution in [3.63, 3.8) is 0 Å². The van der Waals surface area contributed by atoms with Crippen LogP contribution in [0.5, 0.6) is 0 Å². The van der Waals surface area contributed by atoms with E-state index in [1.54, 1.807) is 10.6 Å². The van der Waals surface area contributed by atoms with Crippen molar-refractivity contribution < 1.29 is 4.79 Å². The molecule has 1 amide bonds. The van der Waals surface area contributed by atoms with Crippen molar-refractivity contribution >= 4 is 16.7 Å². The van der Waals surface area contributed by atoms with Gasteiger partial charge in [0.25, 0.3) is 11.5 Å². The number of nitrogens with one attached hydrogen (secondary N) is 2. The zero-order valence-corrected chi connectivity index (χ0v) is 19.0. The standard InChI is InChI=1S/C28H29N3O2/c1-3-24(20-13-7-5-8-14-20)30-27(32)26-22-17-11-12-18-23(22)28(33)31(25(26)19-29-4-2)21-15-9-6-10-16-21/h5-18,24,29H,3-4,19H2,1-2H3,(H,30,32)/t24-/m0/s1. The first kappa shape index (κ1) is 22.5. The predicted octanol–water partition coefficient (Wildman–Crippen LogP) is 4.98. The van der Waals surface area contributed by atoms with Gasteiger partial charge in [-0.2, -0.15) is 0 Å². The molecule has 5 nitrogen and oxygen atoms in total. The summed E-state index contributed by atoms with van der Waals surface area (Å²) < 4.78 is 1.67. The number of aromatic nitrogens is 1. The molecule has 4 rings (SSSR count). The predicted molar refractivity (Wildman–Crippen MR) is 134 cm³/mol. The van der Waals surface area contributed by atoms with Gasteiger partial charge < -0.3 is 10.6 Å². The monoisotopic (exact) mass is 439 g/mol. The number of hydrogen-bond acceptors (Lipinski definition) is 3. The van der Waals surface area contributed by atoms with E-state index in [1.807, 2.05) is 85.8 Å². The van der Waals surface area contributed by atoms with E-state index in [2.05, 4.69) is 17.6 Å². The van der Waals surface area contributed by atoms with Crippen LogP contribution in [0.4, 0.5) is 0 Å². The van der Waals surface area contributed by atoms with E-state index in [4.69, 9.17) is 0 Å². The molecule has 0 bridgehead atoms. The highest BCUT2D eigenvalue weighted by Gasteiger charge is 2.24. The number of fused-ring (bicyclic) bond motifs is 1. The van der Waals surface area contributed by atoms with Crippen molar-refractivity contribution in [3.05, 3.63) is 112 Å². The van der Waals surface area contributed by atoms with Crippen LogP contribution in [0.1, 0.15) is 47.9 Å². The van der Waals surface area contributed by atoms with Crippen LogP contribution >= 0.6 is 0 Å². The zero-order valence-electron chi connectivity index (χ0n) is 19.0. The minimum atomic E-state index is -0.181. The maximum atomic E-state index is 13.8. The summed E-state index contributed by atoms with van der Waals surface area (Å²) in [6.07, 6.45) is 0.758. The van der Waals surface area contributed by atoms with E-state index in [9.17, 15) is 9.59 Å². The fourth-order valence-corrected chi connectivity index (χ4v) is 4.25. The fraction of sp³-hybridized carbons (Fsp3) is 0.214. The highest BCUT2D eigenvalue weighted by atomic mass is 16.2. The van der Waals surface area contributed by atoms with Gasteiger partial charge in [0, 0.05) is 23.0 Å². The molecule has 1 aromatic heterocycles. The summed E-state index contributed by atoms with van der Waals surface area (Å²) in [4.78, 5) is 27.4. The molecule has 0 fully saturated rings. The Morgan fingerprint density at radius 1 is 0.848 bits per heavy atom. The van der Waals surface area contributed by atoms with Crippen molar-refractivity contribution in [2.24, 2.45) is 0 Å². The van der Waals surface area contributed by atoms with Gasteiger partial charge >= 0.3 is 0 Å². The van der Waals surface area contributed by atoms with Crippen LogP contribution in [0.3, 0.4) is 0 Å². The first-order valence-corrected chi connectivity index (χ1v) is 11.4. The second kappa shape index (κ2) is 10.3. The van der Waals surface area contributed by atoms with E-state index in [0.29, 0.717) is 28.6 Å². The van der Waals surface area contributed by atoms with Crippen LogP contribution in [0.2, 0.25) is 0 Å². The molecule has 0 saturated heterocycles. The number of carbonyl (C=O) groups is 1. The maximum absolute atomic E-state index is 13.8. The van der Waals surface area contributed by atoms with Gasteiger partial charge in [-0.15, -0.1) is 0 Å². The molecule has 168 valence electrons. The van der Waals surface area contributed by atoms with E-state index < -0.39 is 0 Å². The molecular weight excluding hydrogens is 410 g/mol. The topological polar surface area (TPSA) is 63.1 Å². The second-order valence-corrected chi connectivity index (χ2v) is 7.97. The lowest BCUT2D eigenvalue weighted by atomic mass is 9.99. The smallest absolute Gasteiger partial charge is 0.263 e. The average molecular weight is 440 g/mol. The van der Waals surface area contributed by atoms with Gasteiger partial charge in [0.1, 0.15) is 0 Å². The summed E-state index contributed by atoms with van der Waals surface area (Å²) in [5, 5.41) is 7.74. The van der Waals surface area contributed by atoms with Crippen LogP contribution in [-0.4, -0.2) is 17.0 Å². The number of pyridine rings is 1. The summed E-state index contributed by atoms with van der Waals surface area (Å²) in [6.45, 7) is 5.18. The molecule has 0 aliphatic carbocycles. The first-order chi connectivity index (χ1) is 16.2. The third-order valence-corrected chi connectivity index (χ3v) is 5.89. The number of benzene rings is 3. The quantitative estimate of drug-likeness (QED) is 0.407. The first-order valence-electron chi connectivity index (χ1n) is 11.4. The molecule has 3 aromatic carbocycles. The summed E-state index contributed by atoms with van der Waals surface area (Å²) >= 11 is 0. The molecule has 0 radical (unpaired) electrons. The van der Waals surface area contributed by atoms with Gasteiger partial charge in [-0.25, -0.2) is 0 Å². The molecule has 0 aliphatic heterocycles. The number of rotatable bonds is 8. The SMILES string of the molecule is CCNCc1c(C(=O)N[C@@H](CC)c2ccccc2)c2ccccc2c(=O)n1-c1ccccc1. The lowest BCUT2D eigenvalue weighted by molar-refractivity contribution is 0.0935. The van der Waals surface area contributed by atoms with E-state index in [0.717, 1.165) is 24.2 Å². The van der Waals surface area contributed by atoms with E-state index >= 15 is 0 Å². The number of para-hydroxylation sites is 1. The van der Waals surface area contributed by atoms with E-state index in [-0.39, 0.29) is 17.5 Å². The normalized spacial score (nSPS) is 11.9. The highest BCUT2D eigenvalue weighted by molar-refractivity contribution is 6.08. The number of amides is 1. The van der Waals surface area contributed by atoms with Crippen LogP contribution in [0, 0.1) is 0 Å². The lowest BCUT2D eigenvalue weighted by Crippen LogP contribution is -2.34. The van der Waals surface area contributed by atoms with Gasteiger partial charge in [-0.3, -0.25) is 14.2 Å². The van der Waals surface area contributed by atoms with Crippen LogP contribution in [0.25, 0.3) is 16.5 Å². The largest absolute Gasteiger partial charge is 0.345 e. The Bertz CT molecular complexity index is 1300. The third-order valence-electron chi connectivity index (χ3n) is 5.89. The van der Waals surface area contributed by atoms with Crippen LogP contribution in [-0.2, 0) is 6.54 Å². The van der Waals surface area contributed by atoms with Crippen molar-refractivity contribution in [1.82, 2.24) is 15.2 Å². The average Bonchev–Trinajstić information content (AvgIpc) is 2.87. The summed E-state index contributed by atoms with van der Waals surface area (Å²) in [6, 6.07) is 26.7. The second-order valence-electron chi connectivity index (χ2n) is 7.97. The maximum Gasteiger partial charge on any atom is 0.263 e. The van der Waals surface area contributed by atoms with Crippen LogP contribution in [0.15, 0.2) is 89.7 Å². The van der Waals surface area contributed by atoms with Gasteiger partial charge in [0.05, 0.1) is 17.3 Å². The van der Waals surface area contributed by atoms with Crippen molar-refractivity contribution in [2.45, 2.75) is 32.9 Å². The van der Waals surface area contributed by atoms with Crippen molar-refractivity contribution in [3.8, 4) is 5.69 Å². The van der Waals surface area contributed by atoms with Gasteiger partial charge in [-0.1, -0.05) is 80.6 Å². The molecule has 0 saturated carbocycles. The number of hydrogen-bond donors (Lipinski definition) is 2. The Labute approximate surface area is 194 Å².